The van der Waals surface area contributed by atoms with Gasteiger partial charge in [-0.3, -0.25) is 4.79 Å². The molecule has 0 heterocycles. The van der Waals surface area contributed by atoms with Gasteiger partial charge >= 0.3 is 0 Å². The zero-order valence-corrected chi connectivity index (χ0v) is 12.8. The monoisotopic (exact) mass is 281 g/mol. The van der Waals surface area contributed by atoms with Gasteiger partial charge in [0.15, 0.2) is 0 Å². The smallest absolute Gasteiger partial charge is 0.227 e. The fraction of sp³-hybridized carbons (Fsp3) is 0.562. The van der Waals surface area contributed by atoms with Crippen LogP contribution in [0, 0.1) is 5.92 Å². The van der Waals surface area contributed by atoms with Gasteiger partial charge in [-0.15, -0.1) is 11.6 Å². The van der Waals surface area contributed by atoms with Crippen molar-refractivity contribution in [2.45, 2.75) is 51.8 Å². The lowest BCUT2D eigenvalue weighted by Gasteiger charge is -2.18. The minimum absolute atomic E-state index is 0.104. The van der Waals surface area contributed by atoms with Crippen LogP contribution < -0.4 is 5.32 Å². The SMILES string of the molecule is CCCC(CCC)C(=O)Nc1ccccc1C(C)Cl. The Morgan fingerprint density at radius 1 is 1.21 bits per heavy atom. The van der Waals surface area contributed by atoms with Gasteiger partial charge in [-0.2, -0.15) is 0 Å². The van der Waals surface area contributed by atoms with Crippen molar-refractivity contribution < 1.29 is 4.79 Å². The Balaban J connectivity index is 2.80. The molecule has 1 N–H and O–H groups in total. The van der Waals surface area contributed by atoms with Crippen molar-refractivity contribution in [1.82, 2.24) is 0 Å². The maximum absolute atomic E-state index is 12.3. The number of anilines is 1. The fourth-order valence-electron chi connectivity index (χ4n) is 2.30. The highest BCUT2D eigenvalue weighted by atomic mass is 35.5. The van der Waals surface area contributed by atoms with Gasteiger partial charge in [0.1, 0.15) is 0 Å². The molecule has 1 rings (SSSR count). The molecule has 0 spiro atoms. The second-order valence-electron chi connectivity index (χ2n) is 4.97. The summed E-state index contributed by atoms with van der Waals surface area (Å²) in [6, 6.07) is 7.75. The predicted octanol–water partition coefficient (Wildman–Crippen LogP) is 5.14. The fourth-order valence-corrected chi connectivity index (χ4v) is 2.49. The summed E-state index contributed by atoms with van der Waals surface area (Å²) >= 11 is 6.14. The number of amides is 1. The van der Waals surface area contributed by atoms with E-state index in [1.165, 1.54) is 0 Å². The van der Waals surface area contributed by atoms with E-state index in [4.69, 9.17) is 11.6 Å². The van der Waals surface area contributed by atoms with E-state index in [1.807, 2.05) is 31.2 Å². The first-order valence-electron chi connectivity index (χ1n) is 7.14. The van der Waals surface area contributed by atoms with Crippen molar-refractivity contribution in [2.24, 2.45) is 5.92 Å². The highest BCUT2D eigenvalue weighted by Gasteiger charge is 2.18. The molecule has 106 valence electrons. The Hall–Kier alpha value is -1.02. The third kappa shape index (κ3) is 4.87. The molecule has 0 aliphatic heterocycles. The summed E-state index contributed by atoms with van der Waals surface area (Å²) in [5.41, 5.74) is 1.82. The molecule has 1 amide bonds. The summed E-state index contributed by atoms with van der Waals surface area (Å²) in [6.45, 7) is 6.15. The van der Waals surface area contributed by atoms with Crippen LogP contribution in [0.2, 0.25) is 0 Å². The van der Waals surface area contributed by atoms with Gasteiger partial charge in [-0.25, -0.2) is 0 Å². The number of carbonyl (C=O) groups excluding carboxylic acids is 1. The molecule has 3 heteroatoms. The summed E-state index contributed by atoms with van der Waals surface area (Å²) in [4.78, 5) is 12.3. The molecule has 0 aliphatic rings. The molecule has 2 nitrogen and oxygen atoms in total. The van der Waals surface area contributed by atoms with Gasteiger partial charge in [0, 0.05) is 11.6 Å². The summed E-state index contributed by atoms with van der Waals surface area (Å²) in [6.07, 6.45) is 3.95. The minimum atomic E-state index is -0.104. The van der Waals surface area contributed by atoms with E-state index in [-0.39, 0.29) is 17.2 Å². The predicted molar refractivity (Wildman–Crippen MR) is 82.6 cm³/mol. The van der Waals surface area contributed by atoms with Crippen molar-refractivity contribution in [3.05, 3.63) is 29.8 Å². The van der Waals surface area contributed by atoms with E-state index in [0.29, 0.717) is 0 Å². The number of carbonyl (C=O) groups is 1. The van der Waals surface area contributed by atoms with Crippen LogP contribution in [-0.2, 0) is 4.79 Å². The van der Waals surface area contributed by atoms with E-state index in [1.54, 1.807) is 0 Å². The Bertz CT molecular complexity index is 397. The number of para-hydroxylation sites is 1. The molecular formula is C16H24ClNO. The van der Waals surface area contributed by atoms with Crippen molar-refractivity contribution in [2.75, 3.05) is 5.32 Å². The van der Waals surface area contributed by atoms with Crippen LogP contribution in [0.3, 0.4) is 0 Å². The molecule has 0 aromatic heterocycles. The normalized spacial score (nSPS) is 12.5. The standard InChI is InChI=1S/C16H24ClNO/c1-4-8-13(9-5-2)16(19)18-15-11-7-6-10-14(15)12(3)17/h6-7,10-13H,4-5,8-9H2,1-3H3,(H,18,19). The molecule has 1 aromatic carbocycles. The molecular weight excluding hydrogens is 258 g/mol. The highest BCUT2D eigenvalue weighted by molar-refractivity contribution is 6.21. The first-order chi connectivity index (χ1) is 9.10. The largest absolute Gasteiger partial charge is 0.326 e. The molecule has 0 fully saturated rings. The molecule has 0 saturated heterocycles. The van der Waals surface area contributed by atoms with Crippen molar-refractivity contribution >= 4 is 23.2 Å². The average molecular weight is 282 g/mol. The van der Waals surface area contributed by atoms with Crippen molar-refractivity contribution in [3.63, 3.8) is 0 Å². The van der Waals surface area contributed by atoms with Crippen LogP contribution in [-0.4, -0.2) is 5.91 Å². The van der Waals surface area contributed by atoms with Gasteiger partial charge in [-0.1, -0.05) is 44.9 Å². The second-order valence-corrected chi connectivity index (χ2v) is 5.62. The Kier molecular flexibility index (Phi) is 6.93. The molecule has 1 aromatic rings. The van der Waals surface area contributed by atoms with Gasteiger partial charge in [0.25, 0.3) is 0 Å². The maximum atomic E-state index is 12.3. The molecule has 1 unspecified atom stereocenters. The number of hydrogen-bond acceptors (Lipinski definition) is 1. The third-order valence-electron chi connectivity index (χ3n) is 3.29. The Morgan fingerprint density at radius 2 is 1.79 bits per heavy atom. The van der Waals surface area contributed by atoms with Crippen LogP contribution in [0.4, 0.5) is 5.69 Å². The lowest BCUT2D eigenvalue weighted by molar-refractivity contribution is -0.120. The lowest BCUT2D eigenvalue weighted by Crippen LogP contribution is -2.23. The molecule has 1 atom stereocenters. The second kappa shape index (κ2) is 8.21. The van der Waals surface area contributed by atoms with E-state index < -0.39 is 0 Å². The topological polar surface area (TPSA) is 29.1 Å². The number of rotatable bonds is 7. The van der Waals surface area contributed by atoms with Crippen LogP contribution in [0.5, 0.6) is 0 Å². The van der Waals surface area contributed by atoms with Crippen LogP contribution >= 0.6 is 11.6 Å². The maximum Gasteiger partial charge on any atom is 0.227 e. The number of hydrogen-bond donors (Lipinski definition) is 1. The van der Waals surface area contributed by atoms with Gasteiger partial charge < -0.3 is 5.32 Å². The quantitative estimate of drug-likeness (QED) is 0.689. The number of halogens is 1. The van der Waals surface area contributed by atoms with Crippen molar-refractivity contribution in [1.29, 1.82) is 0 Å². The van der Waals surface area contributed by atoms with E-state index >= 15 is 0 Å². The van der Waals surface area contributed by atoms with Crippen LogP contribution in [0.1, 0.15) is 57.4 Å². The summed E-state index contributed by atoms with van der Waals surface area (Å²) in [5.74, 6) is 0.224. The van der Waals surface area contributed by atoms with Crippen molar-refractivity contribution in [3.8, 4) is 0 Å². The highest BCUT2D eigenvalue weighted by Crippen LogP contribution is 2.28. The molecule has 0 aliphatic carbocycles. The molecule has 0 radical (unpaired) electrons. The van der Waals surface area contributed by atoms with Gasteiger partial charge in [0.2, 0.25) is 5.91 Å². The van der Waals surface area contributed by atoms with Crippen LogP contribution in [0.25, 0.3) is 0 Å². The van der Waals surface area contributed by atoms with Gasteiger partial charge in [-0.05, 0) is 31.4 Å². The number of benzene rings is 1. The Labute approximate surface area is 121 Å². The zero-order valence-electron chi connectivity index (χ0n) is 12.1. The van der Waals surface area contributed by atoms with E-state index in [2.05, 4.69) is 19.2 Å². The zero-order chi connectivity index (χ0) is 14.3. The van der Waals surface area contributed by atoms with E-state index in [0.717, 1.165) is 36.9 Å². The third-order valence-corrected chi connectivity index (χ3v) is 3.53. The Morgan fingerprint density at radius 3 is 2.32 bits per heavy atom. The summed E-state index contributed by atoms with van der Waals surface area (Å²) in [7, 11) is 0. The summed E-state index contributed by atoms with van der Waals surface area (Å²) < 4.78 is 0. The average Bonchev–Trinajstić information content (AvgIpc) is 2.38. The van der Waals surface area contributed by atoms with Crippen LogP contribution in [0.15, 0.2) is 24.3 Å². The first-order valence-corrected chi connectivity index (χ1v) is 7.57. The first kappa shape index (κ1) is 16.0. The molecule has 19 heavy (non-hydrogen) atoms. The lowest BCUT2D eigenvalue weighted by atomic mass is 9.97. The van der Waals surface area contributed by atoms with Gasteiger partial charge in [0.05, 0.1) is 5.38 Å². The summed E-state index contributed by atoms with van der Waals surface area (Å²) in [5, 5.41) is 2.93. The molecule has 0 bridgehead atoms. The van der Waals surface area contributed by atoms with E-state index in [9.17, 15) is 4.79 Å². The molecule has 0 saturated carbocycles. The minimum Gasteiger partial charge on any atom is -0.326 e. The number of nitrogens with one attached hydrogen (secondary N) is 1. The number of alkyl halides is 1.